The van der Waals surface area contributed by atoms with Crippen LogP contribution >= 0.6 is 11.3 Å². The summed E-state index contributed by atoms with van der Waals surface area (Å²) in [6.45, 7) is 2.78. The van der Waals surface area contributed by atoms with Crippen molar-refractivity contribution < 1.29 is 14.3 Å². The number of hydrogen-bond donors (Lipinski definition) is 0. The van der Waals surface area contributed by atoms with Gasteiger partial charge in [0, 0.05) is 29.6 Å². The molecule has 0 saturated heterocycles. The molecule has 23 heavy (non-hydrogen) atoms. The Balaban J connectivity index is 1.64. The van der Waals surface area contributed by atoms with Crippen molar-refractivity contribution in [2.75, 3.05) is 13.8 Å². The summed E-state index contributed by atoms with van der Waals surface area (Å²) in [5.74, 6) is 6.63. The molecular formula is C17H16N2O3S. The largest absolute Gasteiger partial charge is 0.454 e. The number of benzene rings is 1. The highest BCUT2D eigenvalue weighted by molar-refractivity contribution is 7.11. The maximum absolute atomic E-state index is 12.1. The van der Waals surface area contributed by atoms with Gasteiger partial charge in [-0.2, -0.15) is 0 Å². The molecule has 0 N–H and O–H groups in total. The van der Waals surface area contributed by atoms with Gasteiger partial charge in [0.05, 0.1) is 6.54 Å². The molecule has 0 radical (unpaired) electrons. The lowest BCUT2D eigenvalue weighted by Gasteiger charge is -2.11. The molecule has 1 aliphatic heterocycles. The third-order valence-electron chi connectivity index (χ3n) is 3.36. The van der Waals surface area contributed by atoms with Crippen molar-refractivity contribution in [2.24, 2.45) is 0 Å². The zero-order valence-corrected chi connectivity index (χ0v) is 13.8. The fourth-order valence-corrected chi connectivity index (χ4v) is 2.97. The smallest absolute Gasteiger partial charge is 0.298 e. The van der Waals surface area contributed by atoms with Crippen LogP contribution in [0.4, 0.5) is 0 Å². The molecule has 1 amide bonds. The van der Waals surface area contributed by atoms with E-state index in [1.165, 1.54) is 4.88 Å². The molecule has 118 valence electrons. The number of rotatable bonds is 3. The van der Waals surface area contributed by atoms with Gasteiger partial charge in [0.1, 0.15) is 5.01 Å². The maximum atomic E-state index is 12.1. The van der Waals surface area contributed by atoms with Crippen LogP contribution in [0.25, 0.3) is 0 Å². The normalized spacial score (nSPS) is 11.7. The van der Waals surface area contributed by atoms with Crippen LogP contribution in [0.5, 0.6) is 11.5 Å². The number of amides is 1. The summed E-state index contributed by atoms with van der Waals surface area (Å²) >= 11 is 1.62. The maximum Gasteiger partial charge on any atom is 0.298 e. The monoisotopic (exact) mass is 328 g/mol. The van der Waals surface area contributed by atoms with Gasteiger partial charge in [-0.3, -0.25) is 4.79 Å². The van der Waals surface area contributed by atoms with E-state index in [1.54, 1.807) is 35.4 Å². The Morgan fingerprint density at radius 2 is 2.22 bits per heavy atom. The number of carbonyl (C=O) groups is 1. The average Bonchev–Trinajstić information content (AvgIpc) is 3.20. The first-order valence-electron chi connectivity index (χ1n) is 7.26. The van der Waals surface area contributed by atoms with Gasteiger partial charge in [0.25, 0.3) is 5.91 Å². The van der Waals surface area contributed by atoms with Gasteiger partial charge < -0.3 is 14.4 Å². The molecule has 6 heteroatoms. The Labute approximate surface area is 138 Å². The molecule has 3 rings (SSSR count). The Morgan fingerprint density at radius 1 is 1.39 bits per heavy atom. The summed E-state index contributed by atoms with van der Waals surface area (Å²) < 4.78 is 10.5. The molecule has 0 bridgehead atoms. The second kappa shape index (κ2) is 6.71. The number of thiazole rings is 1. The lowest BCUT2D eigenvalue weighted by molar-refractivity contribution is -0.124. The van der Waals surface area contributed by atoms with Gasteiger partial charge in [-0.1, -0.05) is 12.8 Å². The predicted octanol–water partition coefficient (Wildman–Crippen LogP) is 2.44. The molecule has 0 unspecified atom stereocenters. The number of hydrogen-bond acceptors (Lipinski definition) is 5. The van der Waals surface area contributed by atoms with E-state index in [0.29, 0.717) is 18.0 Å². The van der Waals surface area contributed by atoms with Crippen molar-refractivity contribution in [1.29, 1.82) is 0 Å². The van der Waals surface area contributed by atoms with Crippen LogP contribution in [-0.2, 0) is 17.8 Å². The third-order valence-corrected chi connectivity index (χ3v) is 4.48. The molecule has 1 aromatic carbocycles. The molecule has 0 aliphatic carbocycles. The SMILES string of the molecule is CCc1cnc(CN(C)C(=O)C#Cc2ccc3c(c2)OCO3)s1. The second-order valence-corrected chi connectivity index (χ2v) is 6.25. The minimum Gasteiger partial charge on any atom is -0.454 e. The van der Waals surface area contributed by atoms with E-state index in [0.717, 1.165) is 17.0 Å². The molecule has 0 spiro atoms. The fraction of sp³-hybridized carbons (Fsp3) is 0.294. The number of aryl methyl sites for hydroxylation is 1. The zero-order chi connectivity index (χ0) is 16.2. The van der Waals surface area contributed by atoms with Gasteiger partial charge in [-0.25, -0.2) is 4.98 Å². The summed E-state index contributed by atoms with van der Waals surface area (Å²) in [5.41, 5.74) is 0.721. The van der Waals surface area contributed by atoms with E-state index >= 15 is 0 Å². The van der Waals surface area contributed by atoms with Gasteiger partial charge in [0.2, 0.25) is 6.79 Å². The van der Waals surface area contributed by atoms with Crippen LogP contribution in [0, 0.1) is 11.8 Å². The topological polar surface area (TPSA) is 51.7 Å². The van der Waals surface area contributed by atoms with Gasteiger partial charge in [-0.05, 0) is 24.6 Å². The Hall–Kier alpha value is -2.52. The predicted molar refractivity (Wildman–Crippen MR) is 87.4 cm³/mol. The summed E-state index contributed by atoms with van der Waals surface area (Å²) in [6, 6.07) is 5.38. The van der Waals surface area contributed by atoms with E-state index in [2.05, 4.69) is 23.7 Å². The van der Waals surface area contributed by atoms with E-state index in [4.69, 9.17) is 9.47 Å². The molecule has 2 aromatic rings. The van der Waals surface area contributed by atoms with E-state index in [1.807, 2.05) is 12.3 Å². The highest BCUT2D eigenvalue weighted by Crippen LogP contribution is 2.32. The molecular weight excluding hydrogens is 312 g/mol. The molecule has 1 aromatic heterocycles. The summed E-state index contributed by atoms with van der Waals surface area (Å²) in [7, 11) is 1.73. The van der Waals surface area contributed by atoms with Crippen molar-refractivity contribution in [3.63, 3.8) is 0 Å². The minimum atomic E-state index is -0.240. The first-order valence-corrected chi connectivity index (χ1v) is 8.07. The summed E-state index contributed by atoms with van der Waals surface area (Å²) in [4.78, 5) is 19.2. The Kier molecular flexibility index (Phi) is 4.49. The highest BCUT2D eigenvalue weighted by Gasteiger charge is 2.13. The molecule has 1 aliphatic rings. The average molecular weight is 328 g/mol. The van der Waals surface area contributed by atoms with E-state index in [-0.39, 0.29) is 12.7 Å². The summed E-state index contributed by atoms with van der Waals surface area (Å²) in [5, 5.41) is 0.919. The zero-order valence-electron chi connectivity index (χ0n) is 13.0. The van der Waals surface area contributed by atoms with Crippen LogP contribution in [-0.4, -0.2) is 29.6 Å². The van der Waals surface area contributed by atoms with Crippen LogP contribution < -0.4 is 9.47 Å². The van der Waals surface area contributed by atoms with Crippen molar-refractivity contribution >= 4 is 17.2 Å². The highest BCUT2D eigenvalue weighted by atomic mass is 32.1. The molecule has 5 nitrogen and oxygen atoms in total. The minimum absolute atomic E-state index is 0.224. The number of fused-ring (bicyclic) bond motifs is 1. The molecule has 2 heterocycles. The second-order valence-electron chi connectivity index (χ2n) is 5.05. The van der Waals surface area contributed by atoms with E-state index in [9.17, 15) is 4.79 Å². The van der Waals surface area contributed by atoms with Crippen molar-refractivity contribution in [1.82, 2.24) is 9.88 Å². The first kappa shape index (κ1) is 15.4. The van der Waals surface area contributed by atoms with Crippen LogP contribution in [0.1, 0.15) is 22.4 Å². The number of ether oxygens (including phenoxy) is 2. The van der Waals surface area contributed by atoms with Crippen molar-refractivity contribution in [3.8, 4) is 23.3 Å². The standard InChI is InChI=1S/C17H16N2O3S/c1-3-13-9-18-16(23-13)10-19(2)17(20)7-5-12-4-6-14-15(8-12)22-11-21-14/h4,6,8-9H,3,10-11H2,1-2H3. The van der Waals surface area contributed by atoms with Crippen LogP contribution in [0.3, 0.4) is 0 Å². The Morgan fingerprint density at radius 3 is 3.00 bits per heavy atom. The van der Waals surface area contributed by atoms with Gasteiger partial charge in [-0.15, -0.1) is 11.3 Å². The lowest BCUT2D eigenvalue weighted by atomic mass is 10.2. The molecule has 0 saturated carbocycles. The van der Waals surface area contributed by atoms with Crippen molar-refractivity contribution in [3.05, 3.63) is 39.8 Å². The number of aromatic nitrogens is 1. The molecule has 0 atom stereocenters. The lowest BCUT2D eigenvalue weighted by Crippen LogP contribution is -2.24. The number of carbonyl (C=O) groups excluding carboxylic acids is 1. The van der Waals surface area contributed by atoms with E-state index < -0.39 is 0 Å². The first-order chi connectivity index (χ1) is 11.2. The van der Waals surface area contributed by atoms with Gasteiger partial charge >= 0.3 is 0 Å². The van der Waals surface area contributed by atoms with Crippen molar-refractivity contribution in [2.45, 2.75) is 19.9 Å². The fourth-order valence-electron chi connectivity index (χ4n) is 2.05. The van der Waals surface area contributed by atoms with Crippen LogP contribution in [0.15, 0.2) is 24.4 Å². The Bertz CT molecular complexity index is 789. The third kappa shape index (κ3) is 3.63. The number of nitrogens with zero attached hydrogens (tertiary/aromatic N) is 2. The summed E-state index contributed by atoms with van der Waals surface area (Å²) in [6.07, 6.45) is 2.82. The quantitative estimate of drug-likeness (QED) is 0.812. The van der Waals surface area contributed by atoms with Gasteiger partial charge in [0.15, 0.2) is 11.5 Å². The molecule has 0 fully saturated rings. The van der Waals surface area contributed by atoms with Crippen LogP contribution in [0.2, 0.25) is 0 Å².